The molecule has 270 valence electrons. The maximum atomic E-state index is 14.9. The summed E-state index contributed by atoms with van der Waals surface area (Å²) in [7, 11) is 2.08. The number of rotatable bonds is 14. The van der Waals surface area contributed by atoms with E-state index in [-0.39, 0.29) is 30.8 Å². The van der Waals surface area contributed by atoms with E-state index in [1.54, 1.807) is 0 Å². The van der Waals surface area contributed by atoms with Gasteiger partial charge >= 0.3 is 5.97 Å². The molecule has 0 radical (unpaired) electrons. The Bertz CT molecular complexity index is 1060. The van der Waals surface area contributed by atoms with Crippen LogP contribution in [-0.2, 0) is 28.5 Å². The van der Waals surface area contributed by atoms with Crippen LogP contribution in [-0.4, -0.2) is 77.4 Å². The Morgan fingerprint density at radius 1 is 0.851 bits per heavy atom. The van der Waals surface area contributed by atoms with Crippen LogP contribution in [0.25, 0.3) is 0 Å². The minimum Gasteiger partial charge on any atom is -0.458 e. The lowest BCUT2D eigenvalue weighted by Gasteiger charge is -2.66. The van der Waals surface area contributed by atoms with Crippen molar-refractivity contribution in [1.29, 1.82) is 0 Å². The second kappa shape index (κ2) is 13.4. The molecule has 6 unspecified atom stereocenters. The predicted molar refractivity (Wildman–Crippen MR) is 182 cm³/mol. The topological polar surface area (TPSA) is 105 Å². The summed E-state index contributed by atoms with van der Waals surface area (Å²) in [6, 6.07) is 0. The summed E-state index contributed by atoms with van der Waals surface area (Å²) >= 11 is 0. The van der Waals surface area contributed by atoms with Gasteiger partial charge < -0.3 is 29.4 Å². The molecule has 9 heteroatoms. The molecular formula is C38H67N3O6. The van der Waals surface area contributed by atoms with Crippen LogP contribution in [0.5, 0.6) is 0 Å². The zero-order chi connectivity index (χ0) is 33.7. The van der Waals surface area contributed by atoms with Gasteiger partial charge in [-0.25, -0.2) is 0 Å². The Labute approximate surface area is 285 Å². The van der Waals surface area contributed by atoms with Gasteiger partial charge in [0.2, 0.25) is 0 Å². The van der Waals surface area contributed by atoms with Gasteiger partial charge in [-0.1, -0.05) is 45.4 Å². The Kier molecular flexibility index (Phi) is 10.3. The molecule has 3 N–H and O–H groups in total. The Morgan fingerprint density at radius 3 is 1.72 bits per heavy atom. The molecule has 1 heterocycles. The third-order valence-corrected chi connectivity index (χ3v) is 13.0. The first-order valence-electron chi connectivity index (χ1n) is 19.3. The number of nitrogens with two attached hydrogens (primary N) is 1. The second-order valence-electron chi connectivity index (χ2n) is 17.8. The van der Waals surface area contributed by atoms with Crippen molar-refractivity contribution in [3.8, 4) is 0 Å². The average Bonchev–Trinajstić information content (AvgIpc) is 2.97. The SMILES string of the molecule is CCC(CC(C)(C)N)(C(=O)OC12CC3CC(OC(C)OC4CCCCC4)(C1)CC(OC(C)OC1CCCCC1)(C3)C2)C1(C)NCN1C. The zero-order valence-corrected chi connectivity index (χ0v) is 30.8. The predicted octanol–water partition coefficient (Wildman–Crippen LogP) is 6.90. The lowest BCUT2D eigenvalue weighted by molar-refractivity contribution is -0.342. The van der Waals surface area contributed by atoms with Gasteiger partial charge in [0.05, 0.1) is 35.7 Å². The molecule has 47 heavy (non-hydrogen) atoms. The molecule has 7 aliphatic rings. The van der Waals surface area contributed by atoms with E-state index in [1.165, 1.54) is 38.5 Å². The van der Waals surface area contributed by atoms with E-state index < -0.39 is 33.4 Å². The first kappa shape index (κ1) is 36.0. The van der Waals surface area contributed by atoms with Gasteiger partial charge in [0, 0.05) is 24.8 Å². The van der Waals surface area contributed by atoms with Gasteiger partial charge in [-0.05, 0) is 105 Å². The average molecular weight is 662 g/mol. The largest absolute Gasteiger partial charge is 0.458 e. The van der Waals surface area contributed by atoms with E-state index in [0.717, 1.165) is 58.0 Å². The van der Waals surface area contributed by atoms with Crippen LogP contribution in [0, 0.1) is 11.3 Å². The molecule has 1 aliphatic heterocycles. The third kappa shape index (κ3) is 7.34. The van der Waals surface area contributed by atoms with Gasteiger partial charge in [0.15, 0.2) is 12.6 Å². The summed E-state index contributed by atoms with van der Waals surface area (Å²) < 4.78 is 34.2. The van der Waals surface area contributed by atoms with Crippen molar-refractivity contribution in [3.05, 3.63) is 0 Å². The fourth-order valence-corrected chi connectivity index (χ4v) is 11.4. The normalized spacial score (nSPS) is 39.3. The smallest absolute Gasteiger partial charge is 0.315 e. The van der Waals surface area contributed by atoms with Crippen LogP contribution >= 0.6 is 0 Å². The quantitative estimate of drug-likeness (QED) is 0.152. The molecule has 0 amide bonds. The molecule has 4 bridgehead atoms. The first-order chi connectivity index (χ1) is 22.1. The molecule has 0 aromatic heterocycles. The van der Waals surface area contributed by atoms with Crippen molar-refractivity contribution in [2.24, 2.45) is 17.1 Å². The van der Waals surface area contributed by atoms with Crippen LogP contribution < -0.4 is 11.1 Å². The number of ether oxygens (including phenoxy) is 5. The van der Waals surface area contributed by atoms with Crippen molar-refractivity contribution in [2.45, 2.75) is 210 Å². The summed E-state index contributed by atoms with van der Waals surface area (Å²) in [6.45, 7) is 13.1. The summed E-state index contributed by atoms with van der Waals surface area (Å²) in [4.78, 5) is 17.2. The fourth-order valence-electron chi connectivity index (χ4n) is 11.4. The Hall–Kier alpha value is -0.810. The minimum absolute atomic E-state index is 0.148. The zero-order valence-electron chi connectivity index (χ0n) is 30.8. The van der Waals surface area contributed by atoms with Crippen LogP contribution in [0.4, 0.5) is 0 Å². The maximum Gasteiger partial charge on any atom is 0.315 e. The van der Waals surface area contributed by atoms with Gasteiger partial charge in [0.1, 0.15) is 11.0 Å². The Balaban J connectivity index is 1.28. The number of hydrogen-bond donors (Lipinski definition) is 2. The lowest BCUT2D eigenvalue weighted by Crippen LogP contribution is -2.79. The highest BCUT2D eigenvalue weighted by Crippen LogP contribution is 2.64. The van der Waals surface area contributed by atoms with Crippen LogP contribution in [0.15, 0.2) is 0 Å². The number of nitrogens with one attached hydrogen (secondary N) is 1. The molecule has 0 spiro atoms. The van der Waals surface area contributed by atoms with Crippen molar-refractivity contribution < 1.29 is 28.5 Å². The van der Waals surface area contributed by atoms with Crippen molar-refractivity contribution in [1.82, 2.24) is 10.2 Å². The molecule has 7 rings (SSSR count). The fraction of sp³-hybridized carbons (Fsp3) is 0.974. The first-order valence-corrected chi connectivity index (χ1v) is 19.3. The van der Waals surface area contributed by atoms with E-state index in [4.69, 9.17) is 29.4 Å². The molecule has 1 saturated heterocycles. The molecule has 6 atom stereocenters. The van der Waals surface area contributed by atoms with Gasteiger partial charge in [-0.2, -0.15) is 0 Å². The third-order valence-electron chi connectivity index (χ3n) is 13.0. The molecule has 6 aliphatic carbocycles. The van der Waals surface area contributed by atoms with Crippen LogP contribution in [0.2, 0.25) is 0 Å². The van der Waals surface area contributed by atoms with Gasteiger partial charge in [-0.15, -0.1) is 0 Å². The van der Waals surface area contributed by atoms with Gasteiger partial charge in [0.25, 0.3) is 0 Å². The van der Waals surface area contributed by atoms with Gasteiger partial charge in [-0.3, -0.25) is 15.0 Å². The van der Waals surface area contributed by atoms with Crippen LogP contribution in [0.3, 0.4) is 0 Å². The summed E-state index contributed by atoms with van der Waals surface area (Å²) in [5, 5.41) is 3.61. The molecule has 7 fully saturated rings. The summed E-state index contributed by atoms with van der Waals surface area (Å²) in [5.41, 5.74) is 3.15. The maximum absolute atomic E-state index is 14.9. The lowest BCUT2D eigenvalue weighted by atomic mass is 9.50. The number of esters is 1. The van der Waals surface area contributed by atoms with E-state index >= 15 is 0 Å². The number of carbonyl (C=O) groups excluding carboxylic acids is 1. The number of carbonyl (C=O) groups is 1. The van der Waals surface area contributed by atoms with Crippen molar-refractivity contribution in [3.63, 3.8) is 0 Å². The monoisotopic (exact) mass is 662 g/mol. The second-order valence-corrected chi connectivity index (χ2v) is 17.8. The van der Waals surface area contributed by atoms with E-state index in [9.17, 15) is 4.79 Å². The number of hydrogen-bond acceptors (Lipinski definition) is 9. The summed E-state index contributed by atoms with van der Waals surface area (Å²) in [5.74, 6) is 0.190. The van der Waals surface area contributed by atoms with E-state index in [0.29, 0.717) is 31.6 Å². The highest BCUT2D eigenvalue weighted by molar-refractivity contribution is 5.79. The summed E-state index contributed by atoms with van der Waals surface area (Å²) in [6.07, 6.45) is 17.8. The molecule has 0 aromatic carbocycles. The van der Waals surface area contributed by atoms with E-state index in [2.05, 4.69) is 45.0 Å². The standard InChI is InChI=1S/C38H67N3O6/c1-8-38(22-33(4,5)39,34(6)40-26-41(34)7)32(42)47-37-21-29-19-35(24-37,45-27(2)43-30-15-11-9-12-16-30)23-36(20-29,25-37)46-28(3)44-31-17-13-10-14-18-31/h27-31,40H,8-26,39H2,1-7H3. The highest BCUT2D eigenvalue weighted by atomic mass is 16.7. The number of nitrogens with zero attached hydrogens (tertiary/aromatic N) is 1. The molecule has 6 saturated carbocycles. The van der Waals surface area contributed by atoms with E-state index in [1.807, 2.05) is 13.8 Å². The van der Waals surface area contributed by atoms with Crippen LogP contribution in [0.1, 0.15) is 157 Å². The molecule has 9 nitrogen and oxygen atoms in total. The molecular weight excluding hydrogens is 594 g/mol. The van der Waals surface area contributed by atoms with Crippen molar-refractivity contribution >= 4 is 5.97 Å². The molecule has 0 aromatic rings. The highest BCUT2D eigenvalue weighted by Gasteiger charge is 2.69. The minimum atomic E-state index is -0.821. The van der Waals surface area contributed by atoms with Crippen molar-refractivity contribution in [2.75, 3.05) is 13.7 Å². The Morgan fingerprint density at radius 2 is 1.32 bits per heavy atom.